The lowest BCUT2D eigenvalue weighted by atomic mass is 9.38. The number of carbonyl (C=O) groups is 2. The Hall–Kier alpha value is -1.06. The summed E-state index contributed by atoms with van der Waals surface area (Å²) in [6.45, 7) is 4.30. The minimum absolute atomic E-state index is 0.257. The zero-order valence-corrected chi connectivity index (χ0v) is 10.8. The first-order valence-electron chi connectivity index (χ1n) is 6.24. The zero-order valence-electron chi connectivity index (χ0n) is 10.8. The molecule has 2 saturated carbocycles. The molecule has 0 bridgehead atoms. The van der Waals surface area contributed by atoms with E-state index < -0.39 is 0 Å². The van der Waals surface area contributed by atoms with Crippen molar-refractivity contribution in [3.8, 4) is 0 Å². The summed E-state index contributed by atoms with van der Waals surface area (Å²) in [4.78, 5) is 23.5. The van der Waals surface area contributed by atoms with Crippen molar-refractivity contribution in [2.45, 2.75) is 20.3 Å². The molecule has 0 aromatic carbocycles. The van der Waals surface area contributed by atoms with E-state index in [4.69, 9.17) is 9.47 Å². The predicted octanol–water partition coefficient (Wildman–Crippen LogP) is 1.49. The molecule has 17 heavy (non-hydrogen) atoms. The van der Waals surface area contributed by atoms with Crippen LogP contribution in [0.2, 0.25) is 0 Å². The second-order valence-electron chi connectivity index (χ2n) is 5.18. The smallest absolute Gasteiger partial charge is 0.309 e. The maximum Gasteiger partial charge on any atom is 0.309 e. The van der Waals surface area contributed by atoms with Gasteiger partial charge >= 0.3 is 11.9 Å². The fraction of sp³-hybridized carbons (Fsp3) is 0.846. The molecule has 2 aliphatic rings. The molecule has 0 spiro atoms. The second-order valence-corrected chi connectivity index (χ2v) is 5.18. The van der Waals surface area contributed by atoms with Gasteiger partial charge in [0, 0.05) is 0 Å². The maximum atomic E-state index is 11.8. The number of ether oxygens (including phenoxy) is 2. The summed E-state index contributed by atoms with van der Waals surface area (Å²) in [6, 6.07) is 0. The topological polar surface area (TPSA) is 52.6 Å². The molecule has 6 atom stereocenters. The van der Waals surface area contributed by atoms with Crippen molar-refractivity contribution in [1.29, 1.82) is 0 Å². The third-order valence-corrected chi connectivity index (χ3v) is 4.86. The maximum absolute atomic E-state index is 11.8. The lowest BCUT2D eigenvalue weighted by molar-refractivity contribution is -0.224. The standard InChI is InChI=1S/C13H20O4/c1-5-7-6(2)8-9(7)11(13(15)17-4)10(8)12(14)16-3/h6-11H,5H2,1-4H3/t6?,7?,8-,9+,10-,11+/m1/s1. The van der Waals surface area contributed by atoms with Crippen LogP contribution in [0, 0.1) is 35.5 Å². The van der Waals surface area contributed by atoms with Crippen molar-refractivity contribution in [3.05, 3.63) is 0 Å². The fourth-order valence-corrected chi connectivity index (χ4v) is 4.06. The molecule has 0 aromatic heterocycles. The van der Waals surface area contributed by atoms with Crippen LogP contribution in [0.15, 0.2) is 0 Å². The Bertz CT molecular complexity index is 338. The zero-order chi connectivity index (χ0) is 12.7. The van der Waals surface area contributed by atoms with Crippen LogP contribution in [0.3, 0.4) is 0 Å². The highest BCUT2D eigenvalue weighted by Gasteiger charge is 2.69. The van der Waals surface area contributed by atoms with Crippen molar-refractivity contribution in [1.82, 2.24) is 0 Å². The summed E-state index contributed by atoms with van der Waals surface area (Å²) in [5, 5.41) is 0. The van der Waals surface area contributed by atoms with Gasteiger partial charge < -0.3 is 9.47 Å². The summed E-state index contributed by atoms with van der Waals surface area (Å²) in [6.07, 6.45) is 1.06. The molecule has 0 N–H and O–H groups in total. The summed E-state index contributed by atoms with van der Waals surface area (Å²) in [7, 11) is 2.76. The Morgan fingerprint density at radius 2 is 1.47 bits per heavy atom. The van der Waals surface area contributed by atoms with Gasteiger partial charge in [0.25, 0.3) is 0 Å². The number of methoxy groups -OCH3 is 2. The molecule has 0 aliphatic heterocycles. The molecular weight excluding hydrogens is 220 g/mol. The molecule has 2 aliphatic carbocycles. The van der Waals surface area contributed by atoms with Gasteiger partial charge in [-0.1, -0.05) is 20.3 Å². The molecule has 0 radical (unpaired) electrons. The van der Waals surface area contributed by atoms with Crippen molar-refractivity contribution >= 4 is 11.9 Å². The first kappa shape index (κ1) is 12.4. The Balaban J connectivity index is 2.17. The van der Waals surface area contributed by atoms with Crippen LogP contribution in [-0.2, 0) is 19.1 Å². The number of rotatable bonds is 3. The summed E-state index contributed by atoms with van der Waals surface area (Å²) in [5.74, 6) is 0.618. The Kier molecular flexibility index (Phi) is 3.15. The van der Waals surface area contributed by atoms with Crippen LogP contribution < -0.4 is 0 Å². The Labute approximate surface area is 102 Å². The minimum Gasteiger partial charge on any atom is -0.469 e. The minimum atomic E-state index is -0.282. The summed E-state index contributed by atoms with van der Waals surface area (Å²) in [5.41, 5.74) is 0. The van der Waals surface area contributed by atoms with Gasteiger partial charge in [0.1, 0.15) is 0 Å². The normalized spacial score (nSPS) is 42.8. The van der Waals surface area contributed by atoms with Crippen LogP contribution in [0.25, 0.3) is 0 Å². The van der Waals surface area contributed by atoms with Crippen molar-refractivity contribution in [2.24, 2.45) is 35.5 Å². The van der Waals surface area contributed by atoms with E-state index in [1.54, 1.807) is 0 Å². The van der Waals surface area contributed by atoms with Crippen LogP contribution in [-0.4, -0.2) is 26.2 Å². The van der Waals surface area contributed by atoms with E-state index in [2.05, 4.69) is 13.8 Å². The third kappa shape index (κ3) is 1.49. The average molecular weight is 240 g/mol. The molecule has 2 fully saturated rings. The van der Waals surface area contributed by atoms with Gasteiger partial charge in [-0.25, -0.2) is 0 Å². The van der Waals surface area contributed by atoms with Gasteiger partial charge in [0.05, 0.1) is 26.1 Å². The molecule has 96 valence electrons. The number of carbonyl (C=O) groups excluding carboxylic acids is 2. The Morgan fingerprint density at radius 1 is 1.00 bits per heavy atom. The number of hydrogen-bond donors (Lipinski definition) is 0. The van der Waals surface area contributed by atoms with Crippen LogP contribution in [0.5, 0.6) is 0 Å². The molecule has 4 nitrogen and oxygen atoms in total. The van der Waals surface area contributed by atoms with Gasteiger partial charge in [-0.15, -0.1) is 0 Å². The van der Waals surface area contributed by atoms with Crippen LogP contribution in [0.1, 0.15) is 20.3 Å². The SMILES string of the molecule is CCC1C(C)[C@H]2[C@@H](C(=O)OC)[C@@H](C(=O)OC)[C@@H]12. The molecule has 0 saturated heterocycles. The molecule has 0 amide bonds. The lowest BCUT2D eigenvalue weighted by Gasteiger charge is -2.65. The highest BCUT2D eigenvalue weighted by Crippen LogP contribution is 2.65. The second kappa shape index (κ2) is 4.31. The lowest BCUT2D eigenvalue weighted by Crippen LogP contribution is -2.68. The molecule has 2 unspecified atom stereocenters. The van der Waals surface area contributed by atoms with E-state index in [1.807, 2.05) is 0 Å². The van der Waals surface area contributed by atoms with E-state index in [1.165, 1.54) is 14.2 Å². The molecule has 2 rings (SSSR count). The van der Waals surface area contributed by atoms with Gasteiger partial charge in [-0.05, 0) is 23.7 Å². The van der Waals surface area contributed by atoms with Crippen LogP contribution in [0.4, 0.5) is 0 Å². The molecular formula is C13H20O4. The summed E-state index contributed by atoms with van der Waals surface area (Å²) < 4.78 is 9.62. The predicted molar refractivity (Wildman–Crippen MR) is 60.9 cm³/mol. The van der Waals surface area contributed by atoms with Gasteiger partial charge in [0.2, 0.25) is 0 Å². The highest BCUT2D eigenvalue weighted by molar-refractivity contribution is 5.85. The van der Waals surface area contributed by atoms with Crippen molar-refractivity contribution < 1.29 is 19.1 Å². The van der Waals surface area contributed by atoms with Crippen molar-refractivity contribution in [3.63, 3.8) is 0 Å². The first-order chi connectivity index (χ1) is 8.08. The molecule has 0 heterocycles. The Morgan fingerprint density at radius 3 is 1.88 bits per heavy atom. The number of hydrogen-bond acceptors (Lipinski definition) is 4. The molecule has 0 aromatic rings. The van der Waals surface area contributed by atoms with Gasteiger partial charge in [-0.2, -0.15) is 0 Å². The number of esters is 2. The first-order valence-corrected chi connectivity index (χ1v) is 6.24. The van der Waals surface area contributed by atoms with Gasteiger partial charge in [0.15, 0.2) is 0 Å². The van der Waals surface area contributed by atoms with Crippen molar-refractivity contribution in [2.75, 3.05) is 14.2 Å². The summed E-state index contributed by atoms with van der Waals surface area (Å²) >= 11 is 0. The average Bonchev–Trinajstić information content (AvgIpc) is 2.32. The quantitative estimate of drug-likeness (QED) is 0.701. The van der Waals surface area contributed by atoms with E-state index >= 15 is 0 Å². The van der Waals surface area contributed by atoms with Gasteiger partial charge in [-0.3, -0.25) is 9.59 Å². The highest BCUT2D eigenvalue weighted by atomic mass is 16.5. The van der Waals surface area contributed by atoms with Crippen LogP contribution >= 0.6 is 0 Å². The number of fused-ring (bicyclic) bond motifs is 1. The fourth-order valence-electron chi connectivity index (χ4n) is 4.06. The van der Waals surface area contributed by atoms with E-state index in [9.17, 15) is 9.59 Å². The molecule has 4 heteroatoms. The van der Waals surface area contributed by atoms with E-state index in [0.29, 0.717) is 23.7 Å². The van der Waals surface area contributed by atoms with E-state index in [0.717, 1.165) is 6.42 Å². The largest absolute Gasteiger partial charge is 0.469 e. The monoisotopic (exact) mass is 240 g/mol. The third-order valence-electron chi connectivity index (χ3n) is 4.86. The van der Waals surface area contributed by atoms with E-state index in [-0.39, 0.29) is 23.8 Å².